The fourth-order valence-electron chi connectivity index (χ4n) is 3.70. The van der Waals surface area contributed by atoms with Gasteiger partial charge in [0.1, 0.15) is 0 Å². The Hall–Kier alpha value is -0.130. The fraction of sp³-hybridized carbons (Fsp3) is 0.778. The molecule has 0 saturated carbocycles. The van der Waals surface area contributed by atoms with Crippen molar-refractivity contribution < 1.29 is 9.47 Å². The highest BCUT2D eigenvalue weighted by Crippen LogP contribution is 2.17. The van der Waals surface area contributed by atoms with Crippen molar-refractivity contribution in [3.8, 4) is 0 Å². The summed E-state index contributed by atoms with van der Waals surface area (Å²) in [6.07, 6.45) is 19.3. The molecule has 0 aliphatic heterocycles. The zero-order valence-electron chi connectivity index (χ0n) is 19.8. The van der Waals surface area contributed by atoms with Gasteiger partial charge in [-0.1, -0.05) is 150 Å². The van der Waals surface area contributed by atoms with Gasteiger partial charge >= 0.3 is 0 Å². The molecule has 2 unspecified atom stereocenters. The van der Waals surface area contributed by atoms with Crippen LogP contribution in [0.25, 0.3) is 0 Å². The van der Waals surface area contributed by atoms with Crippen LogP contribution in [0.15, 0.2) is 30.3 Å². The third-order valence-corrected chi connectivity index (χ3v) is 7.13. The molecule has 0 aliphatic carbocycles. The Morgan fingerprint density at radius 1 is 0.700 bits per heavy atom. The van der Waals surface area contributed by atoms with Gasteiger partial charge in [-0.2, -0.15) is 0 Å². The van der Waals surface area contributed by atoms with Gasteiger partial charge in [-0.05, 0) is 12.0 Å². The number of alkyl halides is 1. The van der Waals surface area contributed by atoms with E-state index >= 15 is 0 Å². The van der Waals surface area contributed by atoms with E-state index in [4.69, 9.17) is 9.47 Å². The topological polar surface area (TPSA) is 18.5 Å². The van der Waals surface area contributed by atoms with Crippen molar-refractivity contribution in [3.63, 3.8) is 0 Å². The molecule has 0 aromatic heterocycles. The molecule has 0 bridgehead atoms. The van der Waals surface area contributed by atoms with E-state index in [1.54, 1.807) is 0 Å². The molecular weight excluding hydrogens is 483 g/mol. The highest BCUT2D eigenvalue weighted by molar-refractivity contribution is 14.1. The van der Waals surface area contributed by atoms with E-state index < -0.39 is 0 Å². The molecule has 0 N–H and O–H groups in total. The van der Waals surface area contributed by atoms with E-state index in [2.05, 4.69) is 60.7 Å². The zero-order valence-corrected chi connectivity index (χ0v) is 21.9. The second-order valence-electron chi connectivity index (χ2n) is 8.76. The van der Waals surface area contributed by atoms with Crippen LogP contribution in [0, 0.1) is 5.92 Å². The molecule has 1 aromatic carbocycles. The normalized spacial score (nSPS) is 13.4. The van der Waals surface area contributed by atoms with Gasteiger partial charge in [0.15, 0.2) is 6.29 Å². The first-order valence-electron chi connectivity index (χ1n) is 12.6. The molecule has 30 heavy (non-hydrogen) atoms. The lowest BCUT2D eigenvalue weighted by molar-refractivity contribution is -0.171. The Balaban J connectivity index is 1.95. The average Bonchev–Trinajstić information content (AvgIpc) is 2.78. The van der Waals surface area contributed by atoms with Gasteiger partial charge in [-0.3, -0.25) is 0 Å². The van der Waals surface area contributed by atoms with Crippen LogP contribution < -0.4 is 0 Å². The summed E-state index contributed by atoms with van der Waals surface area (Å²) in [5, 5.41) is 0. The van der Waals surface area contributed by atoms with Crippen molar-refractivity contribution >= 4 is 22.6 Å². The first-order valence-corrected chi connectivity index (χ1v) is 14.1. The summed E-state index contributed by atoms with van der Waals surface area (Å²) in [6.45, 7) is 5.95. The standard InChI is InChI=1S/C27H47IO2/c1-3-4-5-6-7-8-9-10-11-12-13-14-15-19-22-29-27(25(2)23-28)30-24-26-20-17-16-18-21-26/h16-18,20-21,25,27H,3-15,19,22-24H2,1-2H3. The Bertz CT molecular complexity index is 465. The van der Waals surface area contributed by atoms with Crippen LogP contribution in [0.1, 0.15) is 109 Å². The van der Waals surface area contributed by atoms with Crippen LogP contribution in [0.2, 0.25) is 0 Å². The van der Waals surface area contributed by atoms with Gasteiger partial charge in [0.2, 0.25) is 0 Å². The molecule has 2 nitrogen and oxygen atoms in total. The quantitative estimate of drug-likeness (QED) is 0.0683. The number of hydrogen-bond acceptors (Lipinski definition) is 2. The molecule has 0 amide bonds. The average molecular weight is 531 g/mol. The van der Waals surface area contributed by atoms with E-state index in [0.29, 0.717) is 12.5 Å². The fourth-order valence-corrected chi connectivity index (χ4v) is 4.11. The summed E-state index contributed by atoms with van der Waals surface area (Å²) in [6, 6.07) is 10.4. The predicted molar refractivity (Wildman–Crippen MR) is 139 cm³/mol. The smallest absolute Gasteiger partial charge is 0.161 e. The first-order chi connectivity index (χ1) is 14.8. The molecular formula is C27H47IO2. The molecule has 1 aromatic rings. The van der Waals surface area contributed by atoms with Gasteiger partial charge < -0.3 is 9.47 Å². The van der Waals surface area contributed by atoms with Crippen LogP contribution in [-0.2, 0) is 16.1 Å². The number of hydrogen-bond donors (Lipinski definition) is 0. The van der Waals surface area contributed by atoms with Crippen LogP contribution >= 0.6 is 22.6 Å². The molecule has 0 spiro atoms. The van der Waals surface area contributed by atoms with Crippen molar-refractivity contribution in [1.29, 1.82) is 0 Å². The van der Waals surface area contributed by atoms with Gasteiger partial charge in [-0.25, -0.2) is 0 Å². The van der Waals surface area contributed by atoms with Crippen LogP contribution in [0.5, 0.6) is 0 Å². The number of halogens is 1. The molecule has 3 heteroatoms. The van der Waals surface area contributed by atoms with E-state index in [1.165, 1.54) is 89.0 Å². The van der Waals surface area contributed by atoms with Gasteiger partial charge in [-0.15, -0.1) is 0 Å². The van der Waals surface area contributed by atoms with Crippen molar-refractivity contribution in [1.82, 2.24) is 0 Å². The number of rotatable bonds is 21. The predicted octanol–water partition coefficient (Wildman–Crippen LogP) is 9.10. The minimum atomic E-state index is -0.0934. The monoisotopic (exact) mass is 530 g/mol. The van der Waals surface area contributed by atoms with Crippen LogP contribution in [0.4, 0.5) is 0 Å². The van der Waals surface area contributed by atoms with E-state index in [1.807, 2.05) is 6.07 Å². The lowest BCUT2D eigenvalue weighted by Crippen LogP contribution is -2.26. The van der Waals surface area contributed by atoms with Gasteiger partial charge in [0.25, 0.3) is 0 Å². The van der Waals surface area contributed by atoms with Crippen LogP contribution in [0.3, 0.4) is 0 Å². The maximum Gasteiger partial charge on any atom is 0.161 e. The second kappa shape index (κ2) is 20.8. The van der Waals surface area contributed by atoms with Gasteiger partial charge in [0, 0.05) is 17.0 Å². The lowest BCUT2D eigenvalue weighted by Gasteiger charge is -2.23. The molecule has 0 radical (unpaired) electrons. The minimum absolute atomic E-state index is 0.0934. The van der Waals surface area contributed by atoms with Gasteiger partial charge in [0.05, 0.1) is 6.61 Å². The minimum Gasteiger partial charge on any atom is -0.352 e. The maximum atomic E-state index is 6.10. The summed E-state index contributed by atoms with van der Waals surface area (Å²) in [5.41, 5.74) is 1.21. The summed E-state index contributed by atoms with van der Waals surface area (Å²) < 4.78 is 13.2. The summed E-state index contributed by atoms with van der Waals surface area (Å²) in [5.74, 6) is 0.418. The van der Waals surface area contributed by atoms with E-state index in [9.17, 15) is 0 Å². The summed E-state index contributed by atoms with van der Waals surface area (Å²) in [4.78, 5) is 0. The highest BCUT2D eigenvalue weighted by Gasteiger charge is 2.17. The zero-order chi connectivity index (χ0) is 21.7. The molecule has 2 atom stereocenters. The van der Waals surface area contributed by atoms with Crippen molar-refractivity contribution in [3.05, 3.63) is 35.9 Å². The van der Waals surface area contributed by atoms with Crippen molar-refractivity contribution in [2.45, 2.75) is 117 Å². The Labute approximate surface area is 201 Å². The molecule has 0 aliphatic rings. The molecule has 0 saturated heterocycles. The summed E-state index contributed by atoms with van der Waals surface area (Å²) >= 11 is 2.43. The number of unbranched alkanes of at least 4 members (excludes halogenated alkanes) is 13. The summed E-state index contributed by atoms with van der Waals surface area (Å²) in [7, 11) is 0. The largest absolute Gasteiger partial charge is 0.352 e. The third-order valence-electron chi connectivity index (χ3n) is 5.75. The highest BCUT2D eigenvalue weighted by atomic mass is 127. The Morgan fingerprint density at radius 2 is 1.20 bits per heavy atom. The first kappa shape index (κ1) is 27.9. The SMILES string of the molecule is CCCCCCCCCCCCCCCCOC(OCc1ccccc1)C(C)CI. The molecule has 1 rings (SSSR count). The van der Waals surface area contributed by atoms with Crippen molar-refractivity contribution in [2.24, 2.45) is 5.92 Å². The number of ether oxygens (including phenoxy) is 2. The molecule has 174 valence electrons. The maximum absolute atomic E-state index is 6.10. The molecule has 0 fully saturated rings. The number of benzene rings is 1. The third kappa shape index (κ3) is 15.6. The van der Waals surface area contributed by atoms with Crippen LogP contribution in [-0.4, -0.2) is 17.3 Å². The lowest BCUT2D eigenvalue weighted by atomic mass is 10.0. The van der Waals surface area contributed by atoms with Crippen molar-refractivity contribution in [2.75, 3.05) is 11.0 Å². The second-order valence-corrected chi connectivity index (χ2v) is 9.64. The Kier molecular flexibility index (Phi) is 19.3. The van der Waals surface area contributed by atoms with E-state index in [0.717, 1.165) is 17.5 Å². The van der Waals surface area contributed by atoms with E-state index in [-0.39, 0.29) is 6.29 Å². The molecule has 0 heterocycles. The Morgan fingerprint density at radius 3 is 1.70 bits per heavy atom.